The summed E-state index contributed by atoms with van der Waals surface area (Å²) in [7, 11) is 3.31. The smallest absolute Gasteiger partial charge is 0.387 e. The highest BCUT2D eigenvalue weighted by Gasteiger charge is 2.20. The maximum atomic E-state index is 12.8. The molecule has 0 spiro atoms. The number of carbonyl (C=O) groups is 1. The quantitative estimate of drug-likeness (QED) is 0.307. The fourth-order valence-corrected chi connectivity index (χ4v) is 2.26. The number of fused-ring (bicyclic) bond motifs is 1. The Bertz CT molecular complexity index is 719. The molecule has 1 aromatic carbocycles. The Morgan fingerprint density at radius 3 is 2.55 bits per heavy atom. The molecule has 11 heteroatoms. The van der Waals surface area contributed by atoms with Crippen molar-refractivity contribution in [1.29, 1.82) is 0 Å². The second kappa shape index (κ2) is 11.8. The number of nitrogens with one attached hydrogen (secondary N) is 2. The maximum absolute atomic E-state index is 12.8. The third-order valence-electron chi connectivity index (χ3n) is 4.08. The molecule has 0 aromatic heterocycles. The molecule has 0 aliphatic carbocycles. The molecule has 0 fully saturated rings. The van der Waals surface area contributed by atoms with Gasteiger partial charge in [0, 0.05) is 31.8 Å². The second-order valence-corrected chi connectivity index (χ2v) is 6.45. The lowest BCUT2D eigenvalue weighted by Gasteiger charge is -2.18. The highest BCUT2D eigenvalue weighted by molar-refractivity contribution is 14.0. The number of halogens is 3. The van der Waals surface area contributed by atoms with Crippen molar-refractivity contribution >= 4 is 35.8 Å². The number of alkyl halides is 2. The van der Waals surface area contributed by atoms with E-state index in [0.29, 0.717) is 23.0 Å². The maximum Gasteiger partial charge on any atom is 0.387 e. The first-order valence-electron chi connectivity index (χ1n) is 8.92. The minimum atomic E-state index is -2.98. The van der Waals surface area contributed by atoms with Crippen LogP contribution in [-0.2, 0) is 11.3 Å². The number of rotatable bonds is 8. The molecule has 164 valence electrons. The molecule has 1 atom stereocenters. The summed E-state index contributed by atoms with van der Waals surface area (Å²) >= 11 is 0. The summed E-state index contributed by atoms with van der Waals surface area (Å²) in [4.78, 5) is 17.7. The molecular formula is C18H27F2IN4O4. The van der Waals surface area contributed by atoms with Crippen molar-refractivity contribution in [3.05, 3.63) is 17.7 Å². The van der Waals surface area contributed by atoms with Crippen LogP contribution in [0.15, 0.2) is 17.1 Å². The van der Waals surface area contributed by atoms with Gasteiger partial charge in [-0.25, -0.2) is 4.99 Å². The van der Waals surface area contributed by atoms with Crippen LogP contribution < -0.4 is 24.8 Å². The number of likely N-dealkylation sites (N-methyl/N-ethyl adjacent to an activating group) is 1. The first-order valence-corrected chi connectivity index (χ1v) is 8.92. The Balaban J connectivity index is 0.00000420. The highest BCUT2D eigenvalue weighted by Crippen LogP contribution is 2.39. The molecule has 1 unspecified atom stereocenters. The zero-order valence-corrected chi connectivity index (χ0v) is 19.2. The van der Waals surface area contributed by atoms with E-state index in [0.717, 1.165) is 6.42 Å². The van der Waals surface area contributed by atoms with Crippen molar-refractivity contribution < 1.29 is 27.8 Å². The molecule has 1 amide bonds. The first kappa shape index (κ1) is 25.0. The van der Waals surface area contributed by atoms with Crippen LogP contribution in [0.25, 0.3) is 0 Å². The van der Waals surface area contributed by atoms with E-state index < -0.39 is 6.61 Å². The highest BCUT2D eigenvalue weighted by atomic mass is 127. The van der Waals surface area contributed by atoms with Crippen molar-refractivity contribution in [2.24, 2.45) is 4.99 Å². The van der Waals surface area contributed by atoms with Crippen LogP contribution in [0, 0.1) is 0 Å². The van der Waals surface area contributed by atoms with Gasteiger partial charge in [-0.3, -0.25) is 4.79 Å². The van der Waals surface area contributed by atoms with Gasteiger partial charge in [0.25, 0.3) is 0 Å². The molecule has 1 aliphatic rings. The minimum absolute atomic E-state index is 0. The molecule has 1 aromatic rings. The number of hydrogen-bond donors (Lipinski definition) is 2. The number of hydrogen-bond acceptors (Lipinski definition) is 5. The zero-order valence-electron chi connectivity index (χ0n) is 16.8. The summed E-state index contributed by atoms with van der Waals surface area (Å²) in [6, 6.07) is 3.04. The van der Waals surface area contributed by atoms with Gasteiger partial charge in [0.05, 0.1) is 13.1 Å². The Kier molecular flexibility index (Phi) is 10.2. The monoisotopic (exact) mass is 528 g/mol. The van der Waals surface area contributed by atoms with Crippen molar-refractivity contribution in [2.75, 3.05) is 27.4 Å². The molecule has 2 N–H and O–H groups in total. The lowest BCUT2D eigenvalue weighted by atomic mass is 10.1. The summed E-state index contributed by atoms with van der Waals surface area (Å²) in [5, 5.41) is 6.12. The second-order valence-electron chi connectivity index (χ2n) is 6.45. The summed E-state index contributed by atoms with van der Waals surface area (Å²) in [6.07, 6.45) is 0.839. The predicted octanol–water partition coefficient (Wildman–Crippen LogP) is 2.56. The summed E-state index contributed by atoms with van der Waals surface area (Å²) in [5.74, 6) is 1.03. The molecule has 0 bridgehead atoms. The van der Waals surface area contributed by atoms with Gasteiger partial charge < -0.3 is 29.7 Å². The van der Waals surface area contributed by atoms with Crippen molar-refractivity contribution in [1.82, 2.24) is 15.5 Å². The molecule has 29 heavy (non-hydrogen) atoms. The Labute approximate surface area is 186 Å². The van der Waals surface area contributed by atoms with Crippen LogP contribution in [0.3, 0.4) is 0 Å². The van der Waals surface area contributed by atoms with Gasteiger partial charge in [-0.1, -0.05) is 6.92 Å². The van der Waals surface area contributed by atoms with E-state index in [-0.39, 0.29) is 61.6 Å². The van der Waals surface area contributed by atoms with Gasteiger partial charge in [-0.2, -0.15) is 8.78 Å². The van der Waals surface area contributed by atoms with E-state index in [9.17, 15) is 13.6 Å². The van der Waals surface area contributed by atoms with Gasteiger partial charge in [0.15, 0.2) is 17.5 Å². The van der Waals surface area contributed by atoms with Gasteiger partial charge in [-0.15, -0.1) is 24.0 Å². The van der Waals surface area contributed by atoms with E-state index in [1.165, 1.54) is 11.0 Å². The Morgan fingerprint density at radius 2 is 1.97 bits per heavy atom. The summed E-state index contributed by atoms with van der Waals surface area (Å²) in [5.41, 5.74) is 0.411. The fourth-order valence-electron chi connectivity index (χ4n) is 2.26. The molecule has 0 saturated heterocycles. The number of benzene rings is 1. The number of ether oxygens (including phenoxy) is 3. The topological polar surface area (TPSA) is 84.4 Å². The fraction of sp³-hybridized carbons (Fsp3) is 0.556. The number of aliphatic imine (C=N–C) groups is 1. The van der Waals surface area contributed by atoms with Crippen molar-refractivity contribution in [3.63, 3.8) is 0 Å². The van der Waals surface area contributed by atoms with Gasteiger partial charge in [0.1, 0.15) is 5.75 Å². The number of nitrogens with zero attached hydrogens (tertiary/aromatic N) is 2. The molecular weight excluding hydrogens is 501 g/mol. The van der Waals surface area contributed by atoms with Gasteiger partial charge in [-0.05, 0) is 19.4 Å². The number of guanidine groups is 1. The van der Waals surface area contributed by atoms with Crippen LogP contribution in [0.5, 0.6) is 17.2 Å². The SMILES string of the molecule is CCC(C)NC(=NCc1cc2c(cc1OC(F)F)OCO2)NCC(=O)N(C)C.I. The molecule has 0 saturated carbocycles. The van der Waals surface area contributed by atoms with Gasteiger partial charge >= 0.3 is 6.61 Å². The first-order chi connectivity index (χ1) is 13.3. The van der Waals surface area contributed by atoms with Crippen LogP contribution in [0.1, 0.15) is 25.8 Å². The van der Waals surface area contributed by atoms with Gasteiger partial charge in [0.2, 0.25) is 12.7 Å². The van der Waals surface area contributed by atoms with Crippen LogP contribution in [-0.4, -0.2) is 56.9 Å². The minimum Gasteiger partial charge on any atom is -0.454 e. The predicted molar refractivity (Wildman–Crippen MR) is 115 cm³/mol. The third-order valence-corrected chi connectivity index (χ3v) is 4.08. The molecule has 1 heterocycles. The average molecular weight is 528 g/mol. The molecule has 1 aliphatic heterocycles. The molecule has 8 nitrogen and oxygen atoms in total. The summed E-state index contributed by atoms with van der Waals surface area (Å²) < 4.78 is 40.6. The normalized spacial score (nSPS) is 13.6. The Hall–Kier alpha value is -2.05. The molecule has 0 radical (unpaired) electrons. The number of carbonyl (C=O) groups excluding carboxylic acids is 1. The largest absolute Gasteiger partial charge is 0.454 e. The number of amides is 1. The van der Waals surface area contributed by atoms with E-state index in [1.807, 2.05) is 13.8 Å². The lowest BCUT2D eigenvalue weighted by Crippen LogP contribution is -2.45. The summed E-state index contributed by atoms with van der Waals surface area (Å²) in [6.45, 7) is 1.11. The Morgan fingerprint density at radius 1 is 1.31 bits per heavy atom. The van der Waals surface area contributed by atoms with Crippen LogP contribution >= 0.6 is 24.0 Å². The van der Waals surface area contributed by atoms with E-state index in [2.05, 4.69) is 20.4 Å². The zero-order chi connectivity index (χ0) is 20.7. The van der Waals surface area contributed by atoms with Crippen molar-refractivity contribution in [3.8, 4) is 17.2 Å². The third kappa shape index (κ3) is 7.71. The molecule has 2 rings (SSSR count). The average Bonchev–Trinajstić information content (AvgIpc) is 3.09. The van der Waals surface area contributed by atoms with Crippen LogP contribution in [0.2, 0.25) is 0 Å². The van der Waals surface area contributed by atoms with E-state index >= 15 is 0 Å². The van der Waals surface area contributed by atoms with E-state index in [4.69, 9.17) is 9.47 Å². The van der Waals surface area contributed by atoms with Crippen LogP contribution in [0.4, 0.5) is 8.78 Å². The lowest BCUT2D eigenvalue weighted by molar-refractivity contribution is -0.127. The van der Waals surface area contributed by atoms with E-state index in [1.54, 1.807) is 20.2 Å². The van der Waals surface area contributed by atoms with Crippen molar-refractivity contribution in [2.45, 2.75) is 39.5 Å². The standard InChI is InChI=1S/C18H26F2N4O4.HI/c1-5-11(2)23-18(22-9-16(25)24(3)4)21-8-12-6-14-15(27-10-26-14)7-13(12)28-17(19)20;/h6-7,11,17H,5,8-10H2,1-4H3,(H2,21,22,23);1H.